The van der Waals surface area contributed by atoms with E-state index in [0.717, 1.165) is 47.4 Å². The second-order valence-corrected chi connectivity index (χ2v) is 14.1. The Bertz CT molecular complexity index is 1930. The third kappa shape index (κ3) is 15.0. The molecule has 0 fully saturated rings. The smallest absolute Gasteiger partial charge is 0.245 e. The maximum absolute atomic E-state index is 14.0. The van der Waals surface area contributed by atoms with Crippen molar-refractivity contribution >= 4 is 36.7 Å². The van der Waals surface area contributed by atoms with E-state index in [-0.39, 0.29) is 49.3 Å². The Kier molecular flexibility index (Phi) is 19.8. The van der Waals surface area contributed by atoms with Gasteiger partial charge < -0.3 is 32.0 Å². The number of aliphatic imine (C=N–C) groups is 1. The first-order valence-electron chi connectivity index (χ1n) is 19.1. The van der Waals surface area contributed by atoms with Crippen molar-refractivity contribution < 1.29 is 14.3 Å². The van der Waals surface area contributed by atoms with Crippen molar-refractivity contribution in [2.75, 3.05) is 19.7 Å². The fourth-order valence-electron chi connectivity index (χ4n) is 6.18. The van der Waals surface area contributed by atoms with Crippen LogP contribution in [0.15, 0.2) is 96.2 Å². The molecule has 0 bridgehead atoms. The van der Waals surface area contributed by atoms with Gasteiger partial charge >= 0.3 is 0 Å². The molecule has 7 N–H and O–H groups in total. The van der Waals surface area contributed by atoms with Crippen molar-refractivity contribution in [2.45, 2.75) is 84.0 Å². The molecule has 0 aliphatic carbocycles. The summed E-state index contributed by atoms with van der Waals surface area (Å²) >= 11 is 0. The van der Waals surface area contributed by atoms with Crippen molar-refractivity contribution in [3.8, 4) is 22.6 Å². The number of amides is 1. The molecule has 2 heterocycles. The number of nitrogens with zero attached hydrogens (tertiary/aromatic N) is 7. The number of nitrogens with one attached hydrogen (secondary N) is 1. The Morgan fingerprint density at radius 1 is 0.789 bits per heavy atom. The van der Waals surface area contributed by atoms with Gasteiger partial charge in [0.1, 0.15) is 29.8 Å². The molecule has 0 saturated heterocycles. The first-order chi connectivity index (χ1) is 26.8. The summed E-state index contributed by atoms with van der Waals surface area (Å²) < 4.78 is 15.9. The van der Waals surface area contributed by atoms with Crippen LogP contribution in [0.5, 0.6) is 11.5 Å². The van der Waals surface area contributed by atoms with Crippen LogP contribution in [0.4, 0.5) is 0 Å². The summed E-state index contributed by atoms with van der Waals surface area (Å²) in [6.45, 7) is 6.57. The van der Waals surface area contributed by atoms with Crippen molar-refractivity contribution in [1.29, 1.82) is 0 Å². The maximum Gasteiger partial charge on any atom is 0.245 e. The van der Waals surface area contributed by atoms with Crippen LogP contribution in [-0.2, 0) is 24.4 Å². The van der Waals surface area contributed by atoms with Gasteiger partial charge in [0.05, 0.1) is 25.0 Å². The van der Waals surface area contributed by atoms with E-state index in [1.807, 2.05) is 91.3 Å². The molecule has 0 aliphatic rings. The molecule has 0 saturated carbocycles. The lowest BCUT2D eigenvalue weighted by atomic mass is 10.0. The third-order valence-corrected chi connectivity index (χ3v) is 9.08. The number of carbonyl (C=O) groups excluding carboxylic acids is 1. The van der Waals surface area contributed by atoms with E-state index in [2.05, 4.69) is 44.8 Å². The highest BCUT2D eigenvalue weighted by Gasteiger charge is 2.25. The van der Waals surface area contributed by atoms with Gasteiger partial charge in [-0.25, -0.2) is 4.68 Å². The number of aromatic nitrogens is 6. The summed E-state index contributed by atoms with van der Waals surface area (Å²) in [6, 6.07) is 25.1. The average Bonchev–Trinajstić information content (AvgIpc) is 3.84. The lowest BCUT2D eigenvalue weighted by molar-refractivity contribution is -0.125. The van der Waals surface area contributed by atoms with Gasteiger partial charge in [0.25, 0.3) is 0 Å². The van der Waals surface area contributed by atoms with Gasteiger partial charge in [0, 0.05) is 36.3 Å². The minimum absolute atomic E-state index is 0. The van der Waals surface area contributed by atoms with Crippen LogP contribution < -0.4 is 32.0 Å². The first-order valence-corrected chi connectivity index (χ1v) is 19.1. The number of hydrogen-bond donors (Lipinski definition) is 4. The lowest BCUT2D eigenvalue weighted by Gasteiger charge is -2.23. The van der Waals surface area contributed by atoms with Crippen LogP contribution in [0, 0.1) is 5.92 Å². The zero-order chi connectivity index (χ0) is 38.8. The Balaban J connectivity index is 0.00000435. The predicted molar refractivity (Wildman–Crippen MR) is 229 cm³/mol. The SMILES string of the molecule is CC(C)CCOc1ccccc1-c1ccccc1OCc1cn(C[C@@H](CCCN=C(N)N)NC(=O)[C@@H](CCCCN)n2cc(Cc3ccccc3)nn2)nn1.Cl.Cl. The summed E-state index contributed by atoms with van der Waals surface area (Å²) in [4.78, 5) is 18.1. The van der Waals surface area contributed by atoms with Crippen LogP contribution in [0.2, 0.25) is 0 Å². The zero-order valence-corrected chi connectivity index (χ0v) is 34.4. The van der Waals surface area contributed by atoms with Crippen molar-refractivity contribution in [3.05, 3.63) is 108 Å². The Morgan fingerprint density at radius 2 is 1.46 bits per heavy atom. The van der Waals surface area contributed by atoms with Crippen LogP contribution in [0.3, 0.4) is 0 Å². The number of guanidine groups is 1. The van der Waals surface area contributed by atoms with Gasteiger partial charge in [0.15, 0.2) is 5.96 Å². The van der Waals surface area contributed by atoms with E-state index in [1.165, 1.54) is 0 Å². The molecule has 5 rings (SSSR count). The van der Waals surface area contributed by atoms with Crippen molar-refractivity contribution in [3.63, 3.8) is 0 Å². The molecule has 5 aromatic rings. The molecule has 0 unspecified atom stereocenters. The molecule has 3 aromatic carbocycles. The number of benzene rings is 3. The molecule has 1 amide bonds. The van der Waals surface area contributed by atoms with Gasteiger partial charge in [-0.05, 0) is 68.7 Å². The number of halogens is 2. The minimum Gasteiger partial charge on any atom is -0.493 e. The molecule has 308 valence electrons. The van der Waals surface area contributed by atoms with Gasteiger partial charge in [-0.2, -0.15) is 0 Å². The number of para-hydroxylation sites is 2. The molecule has 14 nitrogen and oxygen atoms in total. The molecular weight excluding hydrogens is 765 g/mol. The molecule has 0 radical (unpaired) electrons. The number of carbonyl (C=O) groups is 1. The molecular formula is C41H57Cl2N11O3. The van der Waals surface area contributed by atoms with Crippen LogP contribution in [0.1, 0.15) is 75.4 Å². The van der Waals surface area contributed by atoms with Crippen molar-refractivity contribution in [2.24, 2.45) is 28.1 Å². The molecule has 0 aliphatic heterocycles. The molecule has 57 heavy (non-hydrogen) atoms. The summed E-state index contributed by atoms with van der Waals surface area (Å²) in [6.07, 6.45) is 8.67. The number of hydrogen-bond acceptors (Lipinski definition) is 9. The fourth-order valence-corrected chi connectivity index (χ4v) is 6.18. The van der Waals surface area contributed by atoms with E-state index >= 15 is 0 Å². The monoisotopic (exact) mass is 821 g/mol. The third-order valence-electron chi connectivity index (χ3n) is 9.08. The quantitative estimate of drug-likeness (QED) is 0.0350. The molecule has 16 heteroatoms. The van der Waals surface area contributed by atoms with Crippen LogP contribution in [0.25, 0.3) is 11.1 Å². The highest BCUT2D eigenvalue weighted by Crippen LogP contribution is 2.36. The Morgan fingerprint density at radius 3 is 2.14 bits per heavy atom. The number of rotatable bonds is 23. The van der Waals surface area contributed by atoms with Crippen molar-refractivity contribution in [1.82, 2.24) is 35.3 Å². The van der Waals surface area contributed by atoms with E-state index in [0.29, 0.717) is 69.3 Å². The largest absolute Gasteiger partial charge is 0.493 e. The standard InChI is InChI=1S/C41H55N11O3.2ClH/c1-30(2)21-24-54-38-19-8-6-16-35(38)36-17-7-9-20-39(36)55-29-34-27-51(49-48-34)26-32(15-12-23-45-41(43)44)46-40(53)37(18-10-11-22-42)52-28-33(47-50-52)25-31-13-4-3-5-14-31;;/h3-9,13-14,16-17,19-20,27-28,30,32,37H,10-12,15,18,21-26,29,42H2,1-2H3,(H,46,53)(H4,43,44,45);2*1H/t32-,37-;;/m1../s1. The van der Waals surface area contributed by atoms with E-state index in [9.17, 15) is 4.79 Å². The number of unbranched alkanes of at least 4 members (excludes halogenated alkanes) is 1. The minimum atomic E-state index is -0.561. The second kappa shape index (κ2) is 24.5. The van der Waals surface area contributed by atoms with E-state index in [1.54, 1.807) is 9.36 Å². The summed E-state index contributed by atoms with van der Waals surface area (Å²) in [5.74, 6) is 1.95. The van der Waals surface area contributed by atoms with Crippen LogP contribution >= 0.6 is 24.8 Å². The lowest BCUT2D eigenvalue weighted by Crippen LogP contribution is -2.42. The summed E-state index contributed by atoms with van der Waals surface area (Å²) in [5, 5.41) is 20.8. The van der Waals surface area contributed by atoms with Gasteiger partial charge in [0.2, 0.25) is 5.91 Å². The van der Waals surface area contributed by atoms with Gasteiger partial charge in [-0.15, -0.1) is 35.0 Å². The average molecular weight is 823 g/mol. The number of nitrogens with two attached hydrogens (primary N) is 3. The van der Waals surface area contributed by atoms with Crippen LogP contribution in [-0.4, -0.2) is 67.6 Å². The Hall–Kier alpha value is -5.18. The highest BCUT2D eigenvalue weighted by molar-refractivity contribution is 5.85. The summed E-state index contributed by atoms with van der Waals surface area (Å²) in [7, 11) is 0. The molecule has 2 atom stereocenters. The molecule has 2 aromatic heterocycles. The highest BCUT2D eigenvalue weighted by atomic mass is 35.5. The maximum atomic E-state index is 14.0. The fraction of sp³-hybridized carbons (Fsp3) is 0.415. The topological polar surface area (TPSA) is 199 Å². The van der Waals surface area contributed by atoms with E-state index < -0.39 is 6.04 Å². The summed E-state index contributed by atoms with van der Waals surface area (Å²) in [5.41, 5.74) is 21.4. The van der Waals surface area contributed by atoms with Gasteiger partial charge in [-0.1, -0.05) is 91.0 Å². The zero-order valence-electron chi connectivity index (χ0n) is 32.8. The molecule has 0 spiro atoms. The van der Waals surface area contributed by atoms with E-state index in [4.69, 9.17) is 26.7 Å². The first kappa shape index (κ1) is 46.2. The predicted octanol–water partition coefficient (Wildman–Crippen LogP) is 5.88. The second-order valence-electron chi connectivity index (χ2n) is 14.1. The number of ether oxygens (including phenoxy) is 2. The Labute approximate surface area is 347 Å². The van der Waals surface area contributed by atoms with Gasteiger partial charge in [-0.3, -0.25) is 14.5 Å². The normalized spacial score (nSPS) is 11.9.